The van der Waals surface area contributed by atoms with Crippen molar-refractivity contribution in [1.82, 2.24) is 14.5 Å². The van der Waals surface area contributed by atoms with Gasteiger partial charge in [0.1, 0.15) is 0 Å². The van der Waals surface area contributed by atoms with Gasteiger partial charge in [-0.1, -0.05) is 18.2 Å². The molecule has 2 aromatic heterocycles. The number of hydrogen-bond donors (Lipinski definition) is 1. The summed E-state index contributed by atoms with van der Waals surface area (Å²) < 4.78 is 2.31. The fourth-order valence-corrected chi connectivity index (χ4v) is 4.54. The van der Waals surface area contributed by atoms with Crippen LogP contribution < -0.4 is 10.2 Å². The van der Waals surface area contributed by atoms with Gasteiger partial charge in [0.05, 0.1) is 5.92 Å². The molecular weight excluding hydrogens is 374 g/mol. The number of amides is 1. The first-order valence-corrected chi connectivity index (χ1v) is 10.6. The van der Waals surface area contributed by atoms with Crippen LogP contribution in [-0.4, -0.2) is 33.5 Å². The molecule has 2 aromatic carbocycles. The van der Waals surface area contributed by atoms with E-state index in [9.17, 15) is 4.79 Å². The maximum absolute atomic E-state index is 13.0. The van der Waals surface area contributed by atoms with Crippen LogP contribution in [-0.2, 0) is 11.3 Å². The van der Waals surface area contributed by atoms with Crippen LogP contribution in [0.2, 0.25) is 0 Å². The van der Waals surface area contributed by atoms with E-state index in [-0.39, 0.29) is 11.8 Å². The fourth-order valence-electron chi connectivity index (χ4n) is 4.54. The Hall–Kier alpha value is -3.41. The topological polar surface area (TPSA) is 63.1 Å². The van der Waals surface area contributed by atoms with Crippen molar-refractivity contribution in [3.8, 4) is 0 Å². The number of rotatable bonds is 4. The minimum Gasteiger partial charge on any atom is -0.341 e. The third-order valence-electron chi connectivity index (χ3n) is 5.98. The summed E-state index contributed by atoms with van der Waals surface area (Å²) in [6.45, 7) is 4.60. The molecule has 5 rings (SSSR count). The van der Waals surface area contributed by atoms with Gasteiger partial charge in [-0.3, -0.25) is 4.79 Å². The first-order chi connectivity index (χ1) is 14.7. The molecule has 1 fully saturated rings. The number of piperidine rings is 1. The molecule has 1 saturated heterocycles. The molecule has 4 aromatic rings. The highest BCUT2D eigenvalue weighted by Crippen LogP contribution is 2.31. The quantitative estimate of drug-likeness (QED) is 0.550. The van der Waals surface area contributed by atoms with Crippen molar-refractivity contribution in [2.75, 3.05) is 23.3 Å². The molecule has 0 bridgehead atoms. The number of carbonyl (C=O) groups is 1. The van der Waals surface area contributed by atoms with E-state index in [0.717, 1.165) is 31.6 Å². The van der Waals surface area contributed by atoms with Gasteiger partial charge in [0.25, 0.3) is 0 Å². The fraction of sp³-hybridized carbons (Fsp3) is 0.292. The van der Waals surface area contributed by atoms with Gasteiger partial charge >= 0.3 is 0 Å². The maximum Gasteiger partial charge on any atom is 0.229 e. The maximum atomic E-state index is 13.0. The van der Waals surface area contributed by atoms with E-state index >= 15 is 0 Å². The third kappa shape index (κ3) is 3.28. The van der Waals surface area contributed by atoms with Crippen LogP contribution in [0.4, 0.5) is 11.6 Å². The molecule has 1 N–H and O–H groups in total. The van der Waals surface area contributed by atoms with Gasteiger partial charge in [-0.15, -0.1) is 0 Å². The van der Waals surface area contributed by atoms with Crippen molar-refractivity contribution in [3.05, 3.63) is 60.9 Å². The number of nitrogens with zero attached hydrogens (tertiary/aromatic N) is 4. The van der Waals surface area contributed by atoms with E-state index in [2.05, 4.69) is 68.1 Å². The summed E-state index contributed by atoms with van der Waals surface area (Å²) >= 11 is 0. The molecule has 6 nitrogen and oxygen atoms in total. The summed E-state index contributed by atoms with van der Waals surface area (Å²) in [6, 6.07) is 16.5. The molecule has 3 heterocycles. The number of benzene rings is 2. The number of anilines is 2. The highest BCUT2D eigenvalue weighted by Gasteiger charge is 2.27. The van der Waals surface area contributed by atoms with Crippen LogP contribution in [0.15, 0.2) is 60.9 Å². The van der Waals surface area contributed by atoms with Crippen molar-refractivity contribution in [2.45, 2.75) is 26.3 Å². The van der Waals surface area contributed by atoms with Crippen LogP contribution in [0, 0.1) is 5.92 Å². The Morgan fingerprint density at radius 2 is 1.87 bits per heavy atom. The lowest BCUT2D eigenvalue weighted by Crippen LogP contribution is -2.41. The molecule has 152 valence electrons. The Morgan fingerprint density at radius 3 is 2.70 bits per heavy atom. The molecular formula is C24H25N5O. The van der Waals surface area contributed by atoms with E-state index in [4.69, 9.17) is 0 Å². The Balaban J connectivity index is 1.39. The van der Waals surface area contributed by atoms with E-state index in [1.54, 1.807) is 12.4 Å². The third-order valence-corrected chi connectivity index (χ3v) is 5.98. The Kier molecular flexibility index (Phi) is 4.83. The molecule has 0 saturated carbocycles. The standard InChI is InChI=1S/C24H25N5O/c1-2-29-21-9-4-3-8-19(21)20-15-18(10-11-22(20)29)27-23(30)17-7-5-14-28(16-17)24-25-12-6-13-26-24/h3-4,6,8-13,15,17H,2,5,7,14,16H2,1H3,(H,27,30)/t17-/m1/s1. The van der Waals surface area contributed by atoms with Crippen molar-refractivity contribution in [1.29, 1.82) is 0 Å². The Morgan fingerprint density at radius 1 is 1.07 bits per heavy atom. The van der Waals surface area contributed by atoms with E-state index in [1.807, 2.05) is 12.1 Å². The zero-order chi connectivity index (χ0) is 20.5. The van der Waals surface area contributed by atoms with Crippen LogP contribution >= 0.6 is 0 Å². The molecule has 1 amide bonds. The van der Waals surface area contributed by atoms with Gasteiger partial charge < -0.3 is 14.8 Å². The highest BCUT2D eigenvalue weighted by molar-refractivity contribution is 6.09. The lowest BCUT2D eigenvalue weighted by molar-refractivity contribution is -0.120. The number of aryl methyl sites for hydroxylation is 1. The average molecular weight is 399 g/mol. The molecule has 0 radical (unpaired) electrons. The van der Waals surface area contributed by atoms with Crippen molar-refractivity contribution in [3.63, 3.8) is 0 Å². The van der Waals surface area contributed by atoms with Gasteiger partial charge in [-0.2, -0.15) is 0 Å². The van der Waals surface area contributed by atoms with Crippen LogP contribution in [0.1, 0.15) is 19.8 Å². The Labute approximate surface area is 175 Å². The first-order valence-electron chi connectivity index (χ1n) is 10.6. The molecule has 6 heteroatoms. The number of hydrogen-bond acceptors (Lipinski definition) is 4. The van der Waals surface area contributed by atoms with Gasteiger partial charge in [-0.25, -0.2) is 9.97 Å². The zero-order valence-corrected chi connectivity index (χ0v) is 17.1. The smallest absolute Gasteiger partial charge is 0.229 e. The summed E-state index contributed by atoms with van der Waals surface area (Å²) in [5.74, 6) is 0.688. The van der Waals surface area contributed by atoms with Gasteiger partial charge in [0.2, 0.25) is 11.9 Å². The minimum absolute atomic E-state index is 0.0641. The van der Waals surface area contributed by atoms with Gasteiger partial charge in [0.15, 0.2) is 0 Å². The summed E-state index contributed by atoms with van der Waals surface area (Å²) in [7, 11) is 0. The van der Waals surface area contributed by atoms with Crippen LogP contribution in [0.3, 0.4) is 0 Å². The summed E-state index contributed by atoms with van der Waals surface area (Å²) in [5.41, 5.74) is 3.27. The number of carbonyl (C=O) groups excluding carboxylic acids is 1. The normalized spacial score (nSPS) is 16.8. The van der Waals surface area contributed by atoms with E-state index in [0.29, 0.717) is 12.5 Å². The summed E-state index contributed by atoms with van der Waals surface area (Å²) in [5, 5.41) is 5.54. The molecule has 1 aliphatic rings. The SMILES string of the molecule is CCn1c2ccccc2c2cc(NC(=O)[C@@H]3CCCN(c4ncccn4)C3)ccc21. The van der Waals surface area contributed by atoms with Gasteiger partial charge in [0, 0.05) is 59.5 Å². The molecule has 0 aliphatic carbocycles. The first kappa shape index (κ1) is 18.6. The van der Waals surface area contributed by atoms with Crippen molar-refractivity contribution in [2.24, 2.45) is 5.92 Å². The second-order valence-electron chi connectivity index (χ2n) is 7.82. The van der Waals surface area contributed by atoms with Crippen molar-refractivity contribution < 1.29 is 4.79 Å². The largest absolute Gasteiger partial charge is 0.341 e. The Bertz CT molecular complexity index is 1200. The van der Waals surface area contributed by atoms with Crippen LogP contribution in [0.25, 0.3) is 21.8 Å². The minimum atomic E-state index is -0.0739. The number of nitrogens with one attached hydrogen (secondary N) is 1. The summed E-state index contributed by atoms with van der Waals surface area (Å²) in [4.78, 5) is 23.8. The zero-order valence-electron chi connectivity index (χ0n) is 17.1. The number of para-hydroxylation sites is 1. The molecule has 0 spiro atoms. The molecule has 1 aliphatic heterocycles. The number of aromatic nitrogens is 3. The van der Waals surface area contributed by atoms with Crippen LogP contribution in [0.5, 0.6) is 0 Å². The lowest BCUT2D eigenvalue weighted by Gasteiger charge is -2.31. The summed E-state index contributed by atoms with van der Waals surface area (Å²) in [6.07, 6.45) is 5.33. The predicted molar refractivity (Wildman–Crippen MR) is 121 cm³/mol. The predicted octanol–water partition coefficient (Wildman–Crippen LogP) is 4.46. The van der Waals surface area contributed by atoms with Crippen molar-refractivity contribution >= 4 is 39.3 Å². The molecule has 0 unspecified atom stereocenters. The average Bonchev–Trinajstić information content (AvgIpc) is 3.13. The highest BCUT2D eigenvalue weighted by atomic mass is 16.1. The molecule has 1 atom stereocenters. The number of fused-ring (bicyclic) bond motifs is 3. The second-order valence-corrected chi connectivity index (χ2v) is 7.82. The monoisotopic (exact) mass is 399 g/mol. The second kappa shape index (κ2) is 7.78. The van der Waals surface area contributed by atoms with E-state index < -0.39 is 0 Å². The molecule has 30 heavy (non-hydrogen) atoms. The van der Waals surface area contributed by atoms with Gasteiger partial charge in [-0.05, 0) is 50.1 Å². The lowest BCUT2D eigenvalue weighted by atomic mass is 9.97. The van der Waals surface area contributed by atoms with E-state index in [1.165, 1.54) is 21.8 Å².